The predicted molar refractivity (Wildman–Crippen MR) is 69.1 cm³/mol. The predicted octanol–water partition coefficient (Wildman–Crippen LogP) is 2.66. The van der Waals surface area contributed by atoms with E-state index in [0.29, 0.717) is 5.88 Å². The Morgan fingerprint density at radius 1 is 1.47 bits per heavy atom. The number of aldehydes is 1. The van der Waals surface area contributed by atoms with Crippen LogP contribution in [0.3, 0.4) is 0 Å². The molecule has 0 fully saturated rings. The lowest BCUT2D eigenvalue weighted by atomic mass is 10.1. The normalized spacial score (nSPS) is 17.8. The minimum Gasteiger partial charge on any atom is -0.461 e. The van der Waals surface area contributed by atoms with E-state index in [2.05, 4.69) is 12.1 Å². The molecule has 3 nitrogen and oxygen atoms in total. The van der Waals surface area contributed by atoms with Gasteiger partial charge in [0.05, 0.1) is 5.69 Å². The summed E-state index contributed by atoms with van der Waals surface area (Å²) < 4.78 is 5.67. The van der Waals surface area contributed by atoms with Gasteiger partial charge in [-0.3, -0.25) is 4.79 Å². The maximum absolute atomic E-state index is 11.0. The molecule has 1 aliphatic rings. The Labute approximate surface area is 106 Å². The molecule has 92 valence electrons. The van der Waals surface area contributed by atoms with E-state index in [1.54, 1.807) is 0 Å². The highest BCUT2D eigenvalue weighted by atomic mass is 35.5. The van der Waals surface area contributed by atoms with Gasteiger partial charge in [0.2, 0.25) is 6.23 Å². The van der Waals surface area contributed by atoms with Gasteiger partial charge in [-0.2, -0.15) is 0 Å². The Hall–Kier alpha value is -1.22. The monoisotopic (exact) mass is 253 g/mol. The van der Waals surface area contributed by atoms with Crippen molar-refractivity contribution in [3.05, 3.63) is 23.3 Å². The van der Waals surface area contributed by atoms with E-state index in [1.807, 2.05) is 18.7 Å². The minimum atomic E-state index is -0.506. The Morgan fingerprint density at radius 3 is 2.88 bits per heavy atom. The molecular weight excluding hydrogens is 238 g/mol. The molecule has 0 saturated heterocycles. The molecule has 1 atom stereocenters. The van der Waals surface area contributed by atoms with Crippen LogP contribution in [0.25, 0.3) is 0 Å². The van der Waals surface area contributed by atoms with Gasteiger partial charge >= 0.3 is 0 Å². The maximum atomic E-state index is 11.0. The van der Waals surface area contributed by atoms with E-state index in [4.69, 9.17) is 16.3 Å². The van der Waals surface area contributed by atoms with Gasteiger partial charge in [-0.15, -0.1) is 11.6 Å². The van der Waals surface area contributed by atoms with E-state index in [9.17, 15) is 4.79 Å². The van der Waals surface area contributed by atoms with Gasteiger partial charge in [-0.1, -0.05) is 6.07 Å². The van der Waals surface area contributed by atoms with Crippen molar-refractivity contribution in [2.75, 3.05) is 17.3 Å². The molecule has 4 heteroatoms. The van der Waals surface area contributed by atoms with E-state index < -0.39 is 6.23 Å². The van der Waals surface area contributed by atoms with Gasteiger partial charge in [-0.05, 0) is 37.5 Å². The average Bonchev–Trinajstić information content (AvgIpc) is 2.64. The summed E-state index contributed by atoms with van der Waals surface area (Å²) in [5.74, 6) is 1.41. The number of aryl methyl sites for hydroxylation is 2. The van der Waals surface area contributed by atoms with E-state index in [1.165, 1.54) is 5.56 Å². The van der Waals surface area contributed by atoms with Crippen molar-refractivity contribution in [3.8, 4) is 5.75 Å². The number of halogens is 1. The number of carbonyl (C=O) groups excluding carboxylic acids is 1. The smallest absolute Gasteiger partial charge is 0.229 e. The fourth-order valence-corrected chi connectivity index (χ4v) is 2.32. The highest BCUT2D eigenvalue weighted by Crippen LogP contribution is 2.40. The Balaban J connectivity index is 2.36. The molecule has 0 bridgehead atoms. The molecule has 0 aromatic heterocycles. The third kappa shape index (κ3) is 2.25. The van der Waals surface area contributed by atoms with E-state index in [-0.39, 0.29) is 0 Å². The first kappa shape index (κ1) is 12.2. The summed E-state index contributed by atoms with van der Waals surface area (Å²) >= 11 is 5.70. The Kier molecular flexibility index (Phi) is 3.57. The first-order valence-electron chi connectivity index (χ1n) is 5.73. The van der Waals surface area contributed by atoms with Crippen LogP contribution in [0, 0.1) is 13.8 Å². The molecule has 17 heavy (non-hydrogen) atoms. The summed E-state index contributed by atoms with van der Waals surface area (Å²) in [6.45, 7) is 4.78. The molecule has 2 rings (SSSR count). The molecule has 0 N–H and O–H groups in total. The van der Waals surface area contributed by atoms with Crippen LogP contribution in [0.4, 0.5) is 5.69 Å². The first-order valence-corrected chi connectivity index (χ1v) is 6.26. The lowest BCUT2D eigenvalue weighted by Crippen LogP contribution is -2.36. The third-order valence-electron chi connectivity index (χ3n) is 2.90. The average molecular weight is 254 g/mol. The van der Waals surface area contributed by atoms with Gasteiger partial charge in [0.1, 0.15) is 5.75 Å². The zero-order valence-corrected chi connectivity index (χ0v) is 10.8. The zero-order valence-electron chi connectivity index (χ0n) is 10.1. The maximum Gasteiger partial charge on any atom is 0.229 e. The fourth-order valence-electron chi connectivity index (χ4n) is 2.20. The summed E-state index contributed by atoms with van der Waals surface area (Å²) in [5, 5.41) is 0. The van der Waals surface area contributed by atoms with Crippen LogP contribution in [0.15, 0.2) is 12.1 Å². The largest absolute Gasteiger partial charge is 0.461 e. The van der Waals surface area contributed by atoms with Crippen molar-refractivity contribution in [2.45, 2.75) is 26.5 Å². The molecule has 1 aromatic carbocycles. The van der Waals surface area contributed by atoms with E-state index in [0.717, 1.165) is 36.3 Å². The van der Waals surface area contributed by atoms with Crippen LogP contribution in [-0.2, 0) is 4.79 Å². The number of nitrogens with zero attached hydrogens (tertiary/aromatic N) is 1. The number of fused-ring (bicyclic) bond motifs is 1. The molecule has 0 aliphatic carbocycles. The molecular formula is C13H16ClNO2. The molecule has 1 heterocycles. The summed E-state index contributed by atoms with van der Waals surface area (Å²) in [4.78, 5) is 13.0. The van der Waals surface area contributed by atoms with Crippen LogP contribution < -0.4 is 9.64 Å². The van der Waals surface area contributed by atoms with Crippen molar-refractivity contribution < 1.29 is 9.53 Å². The Bertz CT molecular complexity index is 434. The van der Waals surface area contributed by atoms with Crippen molar-refractivity contribution in [2.24, 2.45) is 0 Å². The van der Waals surface area contributed by atoms with Crippen LogP contribution in [0.2, 0.25) is 0 Å². The number of benzene rings is 1. The second kappa shape index (κ2) is 4.96. The topological polar surface area (TPSA) is 29.5 Å². The standard InChI is InChI=1S/C13H16ClNO2/c1-9-6-10(2)13-11(7-9)15(5-3-4-14)12(8-16)17-13/h6-8,12H,3-5H2,1-2H3. The fraction of sp³-hybridized carbons (Fsp3) is 0.462. The van der Waals surface area contributed by atoms with Crippen LogP contribution in [0.5, 0.6) is 5.75 Å². The number of hydrogen-bond acceptors (Lipinski definition) is 3. The van der Waals surface area contributed by atoms with Crippen LogP contribution in [-0.4, -0.2) is 24.9 Å². The zero-order chi connectivity index (χ0) is 12.4. The number of ether oxygens (including phenoxy) is 1. The van der Waals surface area contributed by atoms with Crippen molar-refractivity contribution in [1.82, 2.24) is 0 Å². The number of rotatable bonds is 4. The van der Waals surface area contributed by atoms with Crippen LogP contribution >= 0.6 is 11.6 Å². The van der Waals surface area contributed by atoms with Crippen molar-refractivity contribution in [1.29, 1.82) is 0 Å². The third-order valence-corrected chi connectivity index (χ3v) is 3.17. The SMILES string of the molecule is Cc1cc(C)c2c(c1)N(CCCCl)C(C=O)O2. The van der Waals surface area contributed by atoms with Gasteiger partial charge in [-0.25, -0.2) is 0 Å². The van der Waals surface area contributed by atoms with Gasteiger partial charge < -0.3 is 9.64 Å². The highest BCUT2D eigenvalue weighted by Gasteiger charge is 2.31. The molecule has 0 saturated carbocycles. The second-order valence-electron chi connectivity index (χ2n) is 4.31. The lowest BCUT2D eigenvalue weighted by molar-refractivity contribution is -0.113. The van der Waals surface area contributed by atoms with Crippen LogP contribution in [0.1, 0.15) is 17.5 Å². The number of hydrogen-bond donors (Lipinski definition) is 0. The summed E-state index contributed by atoms with van der Waals surface area (Å²) in [6.07, 6.45) is 1.17. The molecule has 1 aliphatic heterocycles. The number of alkyl halides is 1. The van der Waals surface area contributed by atoms with Gasteiger partial charge in [0.25, 0.3) is 0 Å². The summed E-state index contributed by atoms with van der Waals surface area (Å²) in [5.41, 5.74) is 3.25. The number of carbonyl (C=O) groups is 1. The van der Waals surface area contributed by atoms with E-state index >= 15 is 0 Å². The minimum absolute atomic E-state index is 0.506. The quantitative estimate of drug-likeness (QED) is 0.610. The molecule has 0 amide bonds. The lowest BCUT2D eigenvalue weighted by Gasteiger charge is -2.20. The highest BCUT2D eigenvalue weighted by molar-refractivity contribution is 6.17. The molecule has 1 aromatic rings. The molecule has 0 spiro atoms. The van der Waals surface area contributed by atoms with Gasteiger partial charge in [0.15, 0.2) is 6.29 Å². The molecule has 1 unspecified atom stereocenters. The molecule has 0 radical (unpaired) electrons. The van der Waals surface area contributed by atoms with Crippen molar-refractivity contribution in [3.63, 3.8) is 0 Å². The first-order chi connectivity index (χ1) is 8.17. The Morgan fingerprint density at radius 2 is 2.24 bits per heavy atom. The second-order valence-corrected chi connectivity index (χ2v) is 4.69. The number of anilines is 1. The summed E-state index contributed by atoms with van der Waals surface area (Å²) in [7, 11) is 0. The summed E-state index contributed by atoms with van der Waals surface area (Å²) in [6, 6.07) is 4.12. The van der Waals surface area contributed by atoms with Gasteiger partial charge in [0, 0.05) is 12.4 Å². The van der Waals surface area contributed by atoms with Crippen molar-refractivity contribution >= 4 is 23.6 Å².